The van der Waals surface area contributed by atoms with E-state index in [1.807, 2.05) is 0 Å². The van der Waals surface area contributed by atoms with Gasteiger partial charge in [0.1, 0.15) is 0 Å². The number of ether oxygens (including phenoxy) is 2. The van der Waals surface area contributed by atoms with Crippen molar-refractivity contribution in [3.05, 3.63) is 51.6 Å². The van der Waals surface area contributed by atoms with Crippen LogP contribution in [0.2, 0.25) is 0 Å². The van der Waals surface area contributed by atoms with Gasteiger partial charge in [-0.2, -0.15) is 0 Å². The summed E-state index contributed by atoms with van der Waals surface area (Å²) in [6, 6.07) is 4.66. The molecular weight excluding hydrogens is 356 g/mol. The van der Waals surface area contributed by atoms with Gasteiger partial charge >= 0.3 is 11.9 Å². The van der Waals surface area contributed by atoms with E-state index in [0.717, 1.165) is 0 Å². The van der Waals surface area contributed by atoms with Gasteiger partial charge in [-0.1, -0.05) is 12.1 Å². The Labute approximate surface area is 155 Å². The van der Waals surface area contributed by atoms with E-state index < -0.39 is 28.4 Å². The molecule has 0 unspecified atom stereocenters. The predicted octanol–water partition coefficient (Wildman–Crippen LogP) is 1.62. The molecule has 1 heterocycles. The van der Waals surface area contributed by atoms with Gasteiger partial charge in [-0.15, -0.1) is 0 Å². The van der Waals surface area contributed by atoms with Gasteiger partial charge in [-0.05, 0) is 32.4 Å². The van der Waals surface area contributed by atoms with Crippen molar-refractivity contribution in [2.24, 2.45) is 0 Å². The third kappa shape index (κ3) is 3.87. The van der Waals surface area contributed by atoms with E-state index >= 15 is 0 Å². The minimum atomic E-state index is -1.96. The summed E-state index contributed by atoms with van der Waals surface area (Å²) in [7, 11) is 0. The molecule has 0 spiro atoms. The highest BCUT2D eigenvalue weighted by Crippen LogP contribution is 2.35. The second-order valence-corrected chi connectivity index (χ2v) is 5.83. The van der Waals surface area contributed by atoms with Crippen LogP contribution in [-0.2, 0) is 23.9 Å². The summed E-state index contributed by atoms with van der Waals surface area (Å²) in [5.74, 6) is -2.13. The largest absolute Gasteiger partial charge is 0.464 e. The van der Waals surface area contributed by atoms with E-state index in [0.29, 0.717) is 5.56 Å². The maximum absolute atomic E-state index is 12.5. The van der Waals surface area contributed by atoms with Crippen molar-refractivity contribution in [1.29, 1.82) is 0 Å². The van der Waals surface area contributed by atoms with Gasteiger partial charge < -0.3 is 9.47 Å². The SMILES string of the molecule is CCOC(=O)C1(C(=O)OCC)C=C(C(C)=O)[C@H](c2ccc([N+](=O)[O-])cc2)N1. The standard InChI is InChI=1S/C18H20N2O7/c1-4-26-16(22)18(17(23)27-5-2)10-14(11(3)21)15(19-18)12-6-8-13(9-7-12)20(24)25/h6-10,15,19H,4-5H2,1-3H3/t15-/m0/s1. The first kappa shape index (κ1) is 20.2. The van der Waals surface area contributed by atoms with Gasteiger partial charge in [-0.25, -0.2) is 9.59 Å². The van der Waals surface area contributed by atoms with Crippen LogP contribution in [0.25, 0.3) is 0 Å². The van der Waals surface area contributed by atoms with Crippen molar-refractivity contribution in [2.75, 3.05) is 13.2 Å². The Morgan fingerprint density at radius 2 is 1.63 bits per heavy atom. The molecule has 0 saturated heterocycles. The Morgan fingerprint density at radius 1 is 1.11 bits per heavy atom. The molecule has 0 fully saturated rings. The zero-order valence-corrected chi connectivity index (χ0v) is 15.2. The lowest BCUT2D eigenvalue weighted by Gasteiger charge is -2.25. The highest BCUT2D eigenvalue weighted by atomic mass is 16.6. The number of benzene rings is 1. The summed E-state index contributed by atoms with van der Waals surface area (Å²) < 4.78 is 10.0. The molecule has 1 aliphatic heterocycles. The van der Waals surface area contributed by atoms with E-state index in [2.05, 4.69) is 5.32 Å². The molecule has 0 saturated carbocycles. The molecule has 2 rings (SSSR count). The number of nitro benzene ring substituents is 1. The Bertz CT molecular complexity index is 780. The molecule has 0 aliphatic carbocycles. The summed E-state index contributed by atoms with van der Waals surface area (Å²) in [5, 5.41) is 13.7. The number of nitrogens with zero attached hydrogens (tertiary/aromatic N) is 1. The van der Waals surface area contributed by atoms with E-state index in [1.165, 1.54) is 37.3 Å². The van der Waals surface area contributed by atoms with Crippen LogP contribution in [-0.4, -0.2) is 41.4 Å². The molecule has 0 aromatic heterocycles. The fourth-order valence-electron chi connectivity index (χ4n) is 2.83. The average Bonchev–Trinajstić information content (AvgIpc) is 3.05. The lowest BCUT2D eigenvalue weighted by molar-refractivity contribution is -0.384. The van der Waals surface area contributed by atoms with Gasteiger partial charge in [0.15, 0.2) is 5.78 Å². The smallest absolute Gasteiger partial charge is 0.342 e. The Morgan fingerprint density at radius 3 is 2.04 bits per heavy atom. The molecule has 1 N–H and O–H groups in total. The van der Waals surface area contributed by atoms with Crippen LogP contribution in [0, 0.1) is 10.1 Å². The molecule has 1 atom stereocenters. The number of nitro groups is 1. The zero-order valence-electron chi connectivity index (χ0n) is 15.2. The summed E-state index contributed by atoms with van der Waals surface area (Å²) in [6.45, 7) is 4.56. The monoisotopic (exact) mass is 376 g/mol. The van der Waals surface area contributed by atoms with Crippen LogP contribution in [0.4, 0.5) is 5.69 Å². The summed E-state index contributed by atoms with van der Waals surface area (Å²) >= 11 is 0. The normalized spacial score (nSPS) is 17.7. The molecule has 0 amide bonds. The first-order valence-electron chi connectivity index (χ1n) is 8.37. The quantitative estimate of drug-likeness (QED) is 0.329. The van der Waals surface area contributed by atoms with Crippen LogP contribution in [0.5, 0.6) is 0 Å². The molecule has 9 nitrogen and oxygen atoms in total. The topological polar surface area (TPSA) is 125 Å². The van der Waals surface area contributed by atoms with E-state index in [1.54, 1.807) is 13.8 Å². The molecule has 1 aromatic rings. The number of esters is 2. The molecule has 1 aliphatic rings. The van der Waals surface area contributed by atoms with Crippen LogP contribution in [0.3, 0.4) is 0 Å². The van der Waals surface area contributed by atoms with Gasteiger partial charge in [0.2, 0.25) is 5.54 Å². The van der Waals surface area contributed by atoms with Crippen molar-refractivity contribution < 1.29 is 28.8 Å². The molecular formula is C18H20N2O7. The minimum Gasteiger partial charge on any atom is -0.464 e. The average molecular weight is 376 g/mol. The van der Waals surface area contributed by atoms with Gasteiger partial charge in [0, 0.05) is 17.7 Å². The molecule has 27 heavy (non-hydrogen) atoms. The molecule has 0 radical (unpaired) electrons. The van der Waals surface area contributed by atoms with Crippen LogP contribution in [0.1, 0.15) is 32.4 Å². The van der Waals surface area contributed by atoms with Gasteiger partial charge in [0.25, 0.3) is 5.69 Å². The van der Waals surface area contributed by atoms with Gasteiger partial charge in [-0.3, -0.25) is 20.2 Å². The first-order chi connectivity index (χ1) is 12.8. The van der Waals surface area contributed by atoms with Crippen LogP contribution in [0.15, 0.2) is 35.9 Å². The number of hydrogen-bond acceptors (Lipinski definition) is 8. The van der Waals surface area contributed by atoms with Crippen molar-refractivity contribution in [3.8, 4) is 0 Å². The number of nitrogens with one attached hydrogen (secondary N) is 1. The van der Waals surface area contributed by atoms with E-state index in [-0.39, 0.29) is 30.3 Å². The highest BCUT2D eigenvalue weighted by molar-refractivity contribution is 6.11. The number of hydrogen-bond donors (Lipinski definition) is 1. The van der Waals surface area contributed by atoms with Crippen molar-refractivity contribution in [1.82, 2.24) is 5.32 Å². The number of carbonyl (C=O) groups excluding carboxylic acids is 3. The Balaban J connectivity index is 2.50. The Hall–Kier alpha value is -3.07. The van der Waals surface area contributed by atoms with Crippen molar-refractivity contribution in [2.45, 2.75) is 32.4 Å². The lowest BCUT2D eigenvalue weighted by Crippen LogP contribution is -2.56. The minimum absolute atomic E-state index is 0.0348. The number of Topliss-reactive ketones (excluding diaryl/α,β-unsaturated/α-hetero) is 1. The third-order valence-electron chi connectivity index (χ3n) is 4.09. The fourth-order valence-corrected chi connectivity index (χ4v) is 2.83. The maximum Gasteiger partial charge on any atom is 0.342 e. The molecule has 1 aromatic carbocycles. The van der Waals surface area contributed by atoms with Crippen molar-refractivity contribution >= 4 is 23.4 Å². The second-order valence-electron chi connectivity index (χ2n) is 5.83. The molecule has 0 bridgehead atoms. The second kappa shape index (κ2) is 8.09. The molecule has 9 heteroatoms. The summed E-state index contributed by atoms with van der Waals surface area (Å²) in [4.78, 5) is 47.5. The summed E-state index contributed by atoms with van der Waals surface area (Å²) in [6.07, 6.45) is 1.22. The third-order valence-corrected chi connectivity index (χ3v) is 4.09. The van der Waals surface area contributed by atoms with E-state index in [4.69, 9.17) is 9.47 Å². The zero-order chi connectivity index (χ0) is 20.2. The lowest BCUT2D eigenvalue weighted by atomic mass is 9.97. The van der Waals surface area contributed by atoms with Crippen molar-refractivity contribution in [3.63, 3.8) is 0 Å². The molecule has 144 valence electrons. The van der Waals surface area contributed by atoms with E-state index in [9.17, 15) is 24.5 Å². The number of ketones is 1. The predicted molar refractivity (Wildman–Crippen MR) is 93.7 cm³/mol. The van der Waals surface area contributed by atoms with Crippen LogP contribution >= 0.6 is 0 Å². The number of carbonyl (C=O) groups is 3. The highest BCUT2D eigenvalue weighted by Gasteiger charge is 2.54. The number of rotatable bonds is 7. The maximum atomic E-state index is 12.5. The fraction of sp³-hybridized carbons (Fsp3) is 0.389. The Kier molecular flexibility index (Phi) is 6.06. The summed E-state index contributed by atoms with van der Waals surface area (Å²) in [5.41, 5.74) is -1.42. The first-order valence-corrected chi connectivity index (χ1v) is 8.37. The number of non-ortho nitro benzene ring substituents is 1. The van der Waals surface area contributed by atoms with Crippen LogP contribution < -0.4 is 5.32 Å². The van der Waals surface area contributed by atoms with Gasteiger partial charge in [0.05, 0.1) is 24.2 Å².